The van der Waals surface area contributed by atoms with Crippen molar-refractivity contribution in [3.8, 4) is 16.9 Å². The summed E-state index contributed by atoms with van der Waals surface area (Å²) >= 11 is -1.00. The number of benzene rings is 2. The molecular formula is C18H17NO3S2. The van der Waals surface area contributed by atoms with Crippen molar-refractivity contribution in [2.24, 2.45) is 0 Å². The molecule has 4 nitrogen and oxygen atoms in total. The molecule has 0 aliphatic heterocycles. The molecule has 0 fully saturated rings. The first kappa shape index (κ1) is 16.8. The van der Waals surface area contributed by atoms with Gasteiger partial charge in [0.25, 0.3) is 0 Å². The predicted molar refractivity (Wildman–Crippen MR) is 96.6 cm³/mol. The maximum atomic E-state index is 11.6. The summed E-state index contributed by atoms with van der Waals surface area (Å²) in [6.45, 7) is 0. The van der Waals surface area contributed by atoms with Gasteiger partial charge in [0.1, 0.15) is 6.26 Å². The minimum atomic E-state index is -3.20. The SMILES string of the molecule is C[S+]([O-])c1ccc(-c2cccn2-c2ccc(S(C)(=O)=O)cc2)cc1. The highest BCUT2D eigenvalue weighted by molar-refractivity contribution is 7.91. The Labute approximate surface area is 144 Å². The molecule has 1 atom stereocenters. The summed E-state index contributed by atoms with van der Waals surface area (Å²) in [6, 6.07) is 18.3. The van der Waals surface area contributed by atoms with E-state index in [0.717, 1.165) is 21.8 Å². The summed E-state index contributed by atoms with van der Waals surface area (Å²) in [4.78, 5) is 1.09. The van der Waals surface area contributed by atoms with Crippen LogP contribution in [0.5, 0.6) is 0 Å². The van der Waals surface area contributed by atoms with E-state index in [1.807, 2.05) is 47.2 Å². The van der Waals surface area contributed by atoms with E-state index in [0.29, 0.717) is 4.90 Å². The van der Waals surface area contributed by atoms with E-state index in [4.69, 9.17) is 0 Å². The number of rotatable bonds is 4. The molecule has 0 saturated heterocycles. The molecule has 0 spiro atoms. The summed E-state index contributed by atoms with van der Waals surface area (Å²) < 4.78 is 36.6. The second-order valence-corrected chi connectivity index (χ2v) is 8.90. The molecule has 6 heteroatoms. The molecule has 0 saturated carbocycles. The van der Waals surface area contributed by atoms with Crippen LogP contribution >= 0.6 is 0 Å². The Kier molecular flexibility index (Phi) is 4.54. The van der Waals surface area contributed by atoms with Crippen LogP contribution in [-0.2, 0) is 21.0 Å². The third-order valence-corrected chi connectivity index (χ3v) is 5.84. The third-order valence-electron chi connectivity index (χ3n) is 3.77. The van der Waals surface area contributed by atoms with Gasteiger partial charge in [-0.2, -0.15) is 0 Å². The molecule has 0 aliphatic rings. The molecule has 0 bridgehead atoms. The molecule has 0 amide bonds. The first-order valence-corrected chi connectivity index (χ1v) is 10.7. The van der Waals surface area contributed by atoms with Crippen LogP contribution in [0, 0.1) is 0 Å². The van der Waals surface area contributed by atoms with Crippen molar-refractivity contribution in [2.45, 2.75) is 9.79 Å². The van der Waals surface area contributed by atoms with Crippen molar-refractivity contribution in [3.05, 3.63) is 66.9 Å². The molecule has 3 aromatic rings. The summed E-state index contributed by atoms with van der Waals surface area (Å²) in [5.41, 5.74) is 2.86. The predicted octanol–water partition coefficient (Wildman–Crippen LogP) is 3.29. The Morgan fingerprint density at radius 1 is 0.958 bits per heavy atom. The summed E-state index contributed by atoms with van der Waals surface area (Å²) in [5.74, 6) is 0. The van der Waals surface area contributed by atoms with E-state index in [2.05, 4.69) is 0 Å². The Bertz CT molecular complexity index is 941. The Morgan fingerprint density at radius 2 is 1.58 bits per heavy atom. The molecule has 3 rings (SSSR count). The normalized spacial score (nSPS) is 13.0. The van der Waals surface area contributed by atoms with Crippen molar-refractivity contribution in [2.75, 3.05) is 12.5 Å². The fraction of sp³-hybridized carbons (Fsp3) is 0.111. The van der Waals surface area contributed by atoms with Gasteiger partial charge in [0.15, 0.2) is 14.7 Å². The van der Waals surface area contributed by atoms with Gasteiger partial charge in [-0.25, -0.2) is 8.42 Å². The van der Waals surface area contributed by atoms with Crippen LogP contribution in [0.25, 0.3) is 16.9 Å². The zero-order chi connectivity index (χ0) is 17.3. The standard InChI is InChI=1S/C18H17NO3S2/c1-23(20)16-9-5-14(6-10-16)18-4-3-13-19(18)15-7-11-17(12-8-15)24(2,21)22/h3-13H,1-2H3. The lowest BCUT2D eigenvalue weighted by molar-refractivity contribution is 0.600. The van der Waals surface area contributed by atoms with Gasteiger partial charge < -0.3 is 9.12 Å². The average Bonchev–Trinajstić information content (AvgIpc) is 3.04. The lowest BCUT2D eigenvalue weighted by Crippen LogP contribution is -2.00. The summed E-state index contributed by atoms with van der Waals surface area (Å²) in [6.07, 6.45) is 4.78. The van der Waals surface area contributed by atoms with Crippen LogP contribution in [0.15, 0.2) is 76.7 Å². The fourth-order valence-corrected chi connectivity index (χ4v) is 3.66. The Hall–Kier alpha value is -2.02. The topological polar surface area (TPSA) is 62.1 Å². The lowest BCUT2D eigenvalue weighted by atomic mass is 10.1. The molecule has 0 radical (unpaired) electrons. The molecule has 2 aromatic carbocycles. The van der Waals surface area contributed by atoms with Crippen molar-refractivity contribution < 1.29 is 13.0 Å². The minimum absolute atomic E-state index is 0.301. The van der Waals surface area contributed by atoms with Crippen LogP contribution in [0.1, 0.15) is 0 Å². The number of sulfone groups is 1. The quantitative estimate of drug-likeness (QED) is 0.672. The van der Waals surface area contributed by atoms with E-state index in [9.17, 15) is 13.0 Å². The van der Waals surface area contributed by atoms with Crippen molar-refractivity contribution in [1.82, 2.24) is 4.57 Å². The van der Waals surface area contributed by atoms with Crippen molar-refractivity contribution in [1.29, 1.82) is 0 Å². The van der Waals surface area contributed by atoms with Gasteiger partial charge in [-0.15, -0.1) is 0 Å². The smallest absolute Gasteiger partial charge is 0.175 e. The highest BCUT2D eigenvalue weighted by atomic mass is 32.2. The highest BCUT2D eigenvalue weighted by Crippen LogP contribution is 2.25. The van der Waals surface area contributed by atoms with Gasteiger partial charge in [-0.05, 0) is 77.4 Å². The molecule has 1 unspecified atom stereocenters. The maximum absolute atomic E-state index is 11.6. The van der Waals surface area contributed by atoms with Crippen molar-refractivity contribution in [3.63, 3.8) is 0 Å². The largest absolute Gasteiger partial charge is 0.612 e. The Morgan fingerprint density at radius 3 is 2.12 bits per heavy atom. The molecule has 0 N–H and O–H groups in total. The van der Waals surface area contributed by atoms with E-state index in [1.54, 1.807) is 30.5 Å². The average molecular weight is 359 g/mol. The highest BCUT2D eigenvalue weighted by Gasteiger charge is 2.10. The van der Waals surface area contributed by atoms with Gasteiger partial charge in [-0.1, -0.05) is 0 Å². The van der Waals surface area contributed by atoms with Crippen LogP contribution in [0.2, 0.25) is 0 Å². The van der Waals surface area contributed by atoms with E-state index in [1.165, 1.54) is 6.26 Å². The van der Waals surface area contributed by atoms with Crippen LogP contribution in [0.4, 0.5) is 0 Å². The van der Waals surface area contributed by atoms with Gasteiger partial charge in [-0.3, -0.25) is 0 Å². The van der Waals surface area contributed by atoms with E-state index in [-0.39, 0.29) is 0 Å². The van der Waals surface area contributed by atoms with Crippen molar-refractivity contribution >= 4 is 21.0 Å². The minimum Gasteiger partial charge on any atom is -0.612 e. The van der Waals surface area contributed by atoms with E-state index < -0.39 is 21.0 Å². The maximum Gasteiger partial charge on any atom is 0.175 e. The van der Waals surface area contributed by atoms with Crippen LogP contribution < -0.4 is 0 Å². The van der Waals surface area contributed by atoms with E-state index >= 15 is 0 Å². The fourth-order valence-electron chi connectivity index (χ4n) is 2.51. The lowest BCUT2D eigenvalue weighted by Gasteiger charge is -2.11. The monoisotopic (exact) mass is 359 g/mol. The number of nitrogens with zero attached hydrogens (tertiary/aromatic N) is 1. The van der Waals surface area contributed by atoms with Gasteiger partial charge in [0.2, 0.25) is 0 Å². The summed E-state index contributed by atoms with van der Waals surface area (Å²) in [7, 11) is -3.20. The molecule has 1 heterocycles. The second-order valence-electron chi connectivity index (χ2n) is 5.51. The molecule has 124 valence electrons. The second kappa shape index (κ2) is 6.47. The summed E-state index contributed by atoms with van der Waals surface area (Å²) in [5, 5.41) is 0. The zero-order valence-corrected chi connectivity index (χ0v) is 15.0. The van der Waals surface area contributed by atoms with Gasteiger partial charge in [0, 0.05) is 18.1 Å². The molecular weight excluding hydrogens is 342 g/mol. The zero-order valence-electron chi connectivity index (χ0n) is 13.3. The van der Waals surface area contributed by atoms with Gasteiger partial charge >= 0.3 is 0 Å². The molecule has 1 aromatic heterocycles. The Balaban J connectivity index is 1.98. The van der Waals surface area contributed by atoms with Crippen LogP contribution in [0.3, 0.4) is 0 Å². The molecule has 0 aliphatic carbocycles. The van der Waals surface area contributed by atoms with Gasteiger partial charge in [0.05, 0.1) is 10.6 Å². The van der Waals surface area contributed by atoms with Crippen LogP contribution in [-0.4, -0.2) is 30.0 Å². The molecule has 24 heavy (non-hydrogen) atoms. The number of hydrogen-bond donors (Lipinski definition) is 0. The number of hydrogen-bond acceptors (Lipinski definition) is 3. The first-order valence-electron chi connectivity index (χ1n) is 7.28. The first-order chi connectivity index (χ1) is 11.4. The third kappa shape index (κ3) is 3.40. The number of aromatic nitrogens is 1.